The summed E-state index contributed by atoms with van der Waals surface area (Å²) >= 11 is 0. The number of hydrogen-bond donors (Lipinski definition) is 1. The van der Waals surface area contributed by atoms with Crippen molar-refractivity contribution >= 4 is 11.6 Å². The molecule has 0 spiro atoms. The fraction of sp³-hybridized carbons (Fsp3) is 0.316. The number of hydrogen-bond acceptors (Lipinski definition) is 5. The monoisotopic (exact) mass is 339 g/mol. The Hall–Kier alpha value is -2.89. The summed E-state index contributed by atoms with van der Waals surface area (Å²) in [5, 5.41) is 7.02. The number of ether oxygens (including phenoxy) is 1. The predicted octanol–water partition coefficient (Wildman–Crippen LogP) is 2.33. The predicted molar refractivity (Wildman–Crippen MR) is 94.6 cm³/mol. The number of nitrogens with one attached hydrogen (secondary N) is 1. The molecule has 1 aliphatic heterocycles. The number of pyridine rings is 1. The van der Waals surface area contributed by atoms with Gasteiger partial charge in [0.25, 0.3) is 5.91 Å². The van der Waals surface area contributed by atoms with Crippen LogP contribution in [0.3, 0.4) is 0 Å². The molecule has 6 heteroatoms. The first-order chi connectivity index (χ1) is 12.1. The SMILES string of the molecule is COc1ccccc1C1=NOC(C)(C(=O)NCCc2ccccn2)C1. The Balaban J connectivity index is 1.59. The minimum absolute atomic E-state index is 0.183. The summed E-state index contributed by atoms with van der Waals surface area (Å²) in [6.45, 7) is 2.24. The van der Waals surface area contributed by atoms with E-state index in [0.29, 0.717) is 30.8 Å². The Labute approximate surface area is 146 Å². The van der Waals surface area contributed by atoms with Gasteiger partial charge >= 0.3 is 0 Å². The Bertz CT molecular complexity index is 776. The van der Waals surface area contributed by atoms with Crippen molar-refractivity contribution in [3.63, 3.8) is 0 Å². The average Bonchev–Trinajstić information content (AvgIpc) is 3.06. The molecule has 1 aromatic carbocycles. The van der Waals surface area contributed by atoms with Crippen molar-refractivity contribution < 1.29 is 14.4 Å². The van der Waals surface area contributed by atoms with Crippen molar-refractivity contribution in [1.82, 2.24) is 10.3 Å². The standard InChI is InChI=1S/C19H21N3O3/c1-19(18(23)21-12-10-14-7-5-6-11-20-14)13-16(22-25-19)15-8-3-4-9-17(15)24-2/h3-9,11H,10,12-13H2,1-2H3,(H,21,23). The highest BCUT2D eigenvalue weighted by molar-refractivity contribution is 6.07. The van der Waals surface area contributed by atoms with E-state index in [1.54, 1.807) is 20.2 Å². The first-order valence-corrected chi connectivity index (χ1v) is 8.19. The van der Waals surface area contributed by atoms with Crippen LogP contribution >= 0.6 is 0 Å². The van der Waals surface area contributed by atoms with E-state index in [4.69, 9.17) is 9.57 Å². The molecule has 1 N–H and O–H groups in total. The highest BCUT2D eigenvalue weighted by atomic mass is 16.7. The molecule has 1 atom stereocenters. The summed E-state index contributed by atoms with van der Waals surface area (Å²) in [7, 11) is 1.61. The fourth-order valence-corrected chi connectivity index (χ4v) is 2.73. The van der Waals surface area contributed by atoms with E-state index in [-0.39, 0.29) is 5.91 Å². The molecular weight excluding hydrogens is 318 g/mol. The van der Waals surface area contributed by atoms with Crippen LogP contribution in [-0.2, 0) is 16.1 Å². The fourth-order valence-electron chi connectivity index (χ4n) is 2.73. The van der Waals surface area contributed by atoms with E-state index in [0.717, 1.165) is 11.3 Å². The van der Waals surface area contributed by atoms with Gasteiger partial charge in [0.05, 0.1) is 12.8 Å². The second-order valence-electron chi connectivity index (χ2n) is 6.06. The quantitative estimate of drug-likeness (QED) is 0.877. The lowest BCUT2D eigenvalue weighted by Crippen LogP contribution is -2.45. The first kappa shape index (κ1) is 17.0. The Morgan fingerprint density at radius 3 is 2.84 bits per heavy atom. The van der Waals surface area contributed by atoms with Gasteiger partial charge in [-0.1, -0.05) is 23.4 Å². The van der Waals surface area contributed by atoms with Gasteiger partial charge in [0.15, 0.2) is 0 Å². The van der Waals surface area contributed by atoms with Crippen LogP contribution < -0.4 is 10.1 Å². The lowest BCUT2D eigenvalue weighted by atomic mass is 9.94. The van der Waals surface area contributed by atoms with Crippen LogP contribution in [-0.4, -0.2) is 35.9 Å². The van der Waals surface area contributed by atoms with E-state index in [2.05, 4.69) is 15.5 Å². The average molecular weight is 339 g/mol. The van der Waals surface area contributed by atoms with Crippen LogP contribution in [0.4, 0.5) is 0 Å². The highest BCUT2D eigenvalue weighted by Gasteiger charge is 2.42. The minimum Gasteiger partial charge on any atom is -0.496 e. The van der Waals surface area contributed by atoms with E-state index < -0.39 is 5.60 Å². The molecule has 2 heterocycles. The topological polar surface area (TPSA) is 72.8 Å². The number of nitrogens with zero attached hydrogens (tertiary/aromatic N) is 2. The van der Waals surface area contributed by atoms with Gasteiger partial charge in [0, 0.05) is 36.8 Å². The molecule has 3 rings (SSSR count). The molecule has 1 amide bonds. The summed E-state index contributed by atoms with van der Waals surface area (Å²) in [6, 6.07) is 13.3. The number of rotatable bonds is 6. The second-order valence-corrected chi connectivity index (χ2v) is 6.06. The molecule has 6 nitrogen and oxygen atoms in total. The van der Waals surface area contributed by atoms with Crippen LogP contribution in [0, 0.1) is 0 Å². The van der Waals surface area contributed by atoms with Crippen molar-refractivity contribution in [2.45, 2.75) is 25.4 Å². The van der Waals surface area contributed by atoms with Gasteiger partial charge in [-0.3, -0.25) is 9.78 Å². The number of oxime groups is 1. The molecule has 1 aliphatic rings. The lowest BCUT2D eigenvalue weighted by molar-refractivity contribution is -0.141. The third kappa shape index (κ3) is 3.79. The number of carbonyl (C=O) groups is 1. The molecule has 0 fully saturated rings. The lowest BCUT2D eigenvalue weighted by Gasteiger charge is -2.20. The molecule has 0 saturated heterocycles. The molecule has 25 heavy (non-hydrogen) atoms. The highest BCUT2D eigenvalue weighted by Crippen LogP contribution is 2.30. The van der Waals surface area contributed by atoms with Crippen LogP contribution in [0.1, 0.15) is 24.6 Å². The van der Waals surface area contributed by atoms with Crippen LogP contribution in [0.25, 0.3) is 0 Å². The van der Waals surface area contributed by atoms with Crippen molar-refractivity contribution in [3.8, 4) is 5.75 Å². The largest absolute Gasteiger partial charge is 0.496 e. The normalized spacial score (nSPS) is 19.0. The number of aromatic nitrogens is 1. The van der Waals surface area contributed by atoms with Crippen LogP contribution in [0.2, 0.25) is 0 Å². The van der Waals surface area contributed by atoms with Gasteiger partial charge in [-0.15, -0.1) is 0 Å². The van der Waals surface area contributed by atoms with Crippen molar-refractivity contribution in [2.75, 3.05) is 13.7 Å². The van der Waals surface area contributed by atoms with E-state index in [1.807, 2.05) is 42.5 Å². The Kier molecular flexibility index (Phi) is 4.97. The molecule has 0 saturated carbocycles. The van der Waals surface area contributed by atoms with E-state index in [9.17, 15) is 4.79 Å². The smallest absolute Gasteiger partial charge is 0.267 e. The number of methoxy groups -OCH3 is 1. The van der Waals surface area contributed by atoms with Crippen molar-refractivity contribution in [2.24, 2.45) is 5.16 Å². The Morgan fingerprint density at radius 1 is 1.28 bits per heavy atom. The summed E-state index contributed by atoms with van der Waals surface area (Å²) in [5.41, 5.74) is 1.47. The van der Waals surface area contributed by atoms with E-state index in [1.165, 1.54) is 0 Å². The number of carbonyl (C=O) groups excluding carboxylic acids is 1. The minimum atomic E-state index is -1.01. The van der Waals surface area contributed by atoms with Gasteiger partial charge < -0.3 is 14.9 Å². The molecule has 0 bridgehead atoms. The second kappa shape index (κ2) is 7.34. The number of para-hydroxylation sites is 1. The van der Waals surface area contributed by atoms with Gasteiger partial charge in [0.1, 0.15) is 5.75 Å². The van der Waals surface area contributed by atoms with Crippen molar-refractivity contribution in [3.05, 3.63) is 59.9 Å². The molecule has 130 valence electrons. The van der Waals surface area contributed by atoms with Crippen LogP contribution in [0.15, 0.2) is 53.8 Å². The molecule has 0 aliphatic carbocycles. The zero-order valence-corrected chi connectivity index (χ0v) is 14.4. The molecule has 0 radical (unpaired) electrons. The molecule has 2 aromatic rings. The summed E-state index contributed by atoms with van der Waals surface area (Å²) in [4.78, 5) is 22.2. The van der Waals surface area contributed by atoms with Crippen LogP contribution in [0.5, 0.6) is 5.75 Å². The number of amides is 1. The maximum Gasteiger partial charge on any atom is 0.267 e. The third-order valence-electron chi connectivity index (χ3n) is 4.15. The molecule has 1 aromatic heterocycles. The third-order valence-corrected chi connectivity index (χ3v) is 4.15. The maximum absolute atomic E-state index is 12.5. The van der Waals surface area contributed by atoms with Gasteiger partial charge in [-0.25, -0.2) is 0 Å². The summed E-state index contributed by atoms with van der Waals surface area (Å²) in [6.07, 6.45) is 2.80. The Morgan fingerprint density at radius 2 is 2.08 bits per heavy atom. The van der Waals surface area contributed by atoms with Crippen molar-refractivity contribution in [1.29, 1.82) is 0 Å². The van der Waals surface area contributed by atoms with Gasteiger partial charge in [-0.2, -0.15) is 0 Å². The van der Waals surface area contributed by atoms with E-state index >= 15 is 0 Å². The number of benzene rings is 1. The van der Waals surface area contributed by atoms with Gasteiger partial charge in [-0.05, 0) is 31.2 Å². The first-order valence-electron chi connectivity index (χ1n) is 8.19. The summed E-state index contributed by atoms with van der Waals surface area (Å²) in [5.74, 6) is 0.529. The molecular formula is C19H21N3O3. The maximum atomic E-state index is 12.5. The van der Waals surface area contributed by atoms with Gasteiger partial charge in [0.2, 0.25) is 5.60 Å². The zero-order valence-electron chi connectivity index (χ0n) is 14.4. The zero-order chi connectivity index (χ0) is 17.7. The summed E-state index contributed by atoms with van der Waals surface area (Å²) < 4.78 is 5.36. The molecule has 1 unspecified atom stereocenters.